The van der Waals surface area contributed by atoms with Gasteiger partial charge >= 0.3 is 0 Å². The van der Waals surface area contributed by atoms with Crippen LogP contribution in [0.4, 0.5) is 0 Å². The van der Waals surface area contributed by atoms with Crippen LogP contribution in [0, 0.1) is 0 Å². The Bertz CT molecular complexity index is 905. The highest BCUT2D eigenvalue weighted by Gasteiger charge is 2.30. The molecule has 7 heteroatoms. The van der Waals surface area contributed by atoms with Gasteiger partial charge in [-0.3, -0.25) is 15.0 Å². The predicted molar refractivity (Wildman–Crippen MR) is 110 cm³/mol. The summed E-state index contributed by atoms with van der Waals surface area (Å²) in [4.78, 5) is 25.9. The Morgan fingerprint density at radius 3 is 2.39 bits per heavy atom. The van der Waals surface area contributed by atoms with E-state index in [1.54, 1.807) is 36.4 Å². The molecule has 3 rings (SSSR count). The van der Waals surface area contributed by atoms with Crippen molar-refractivity contribution in [2.75, 3.05) is 6.61 Å². The number of hydrogen-bond donors (Lipinski definition) is 1. The monoisotopic (exact) mass is 420 g/mol. The lowest BCUT2D eigenvalue weighted by Gasteiger charge is -2.35. The maximum absolute atomic E-state index is 13.0. The highest BCUT2D eigenvalue weighted by atomic mass is 35.5. The molecule has 5 nitrogen and oxygen atoms in total. The van der Waals surface area contributed by atoms with Crippen molar-refractivity contribution in [2.45, 2.75) is 39.2 Å². The summed E-state index contributed by atoms with van der Waals surface area (Å²) < 4.78 is 5.59. The second-order valence-corrected chi connectivity index (χ2v) is 8.43. The fraction of sp³-hybridized carbons (Fsp3) is 0.333. The summed E-state index contributed by atoms with van der Waals surface area (Å²) in [7, 11) is 0. The molecule has 2 aromatic rings. The molecule has 1 N–H and O–H groups in total. The molecule has 0 aliphatic carbocycles. The zero-order chi connectivity index (χ0) is 20.5. The van der Waals surface area contributed by atoms with E-state index in [9.17, 15) is 9.59 Å². The van der Waals surface area contributed by atoms with Gasteiger partial charge in [-0.25, -0.2) is 5.01 Å². The van der Waals surface area contributed by atoms with Crippen molar-refractivity contribution < 1.29 is 14.3 Å². The highest BCUT2D eigenvalue weighted by Crippen LogP contribution is 2.34. The van der Waals surface area contributed by atoms with Crippen molar-refractivity contribution in [1.82, 2.24) is 10.4 Å². The lowest BCUT2D eigenvalue weighted by Crippen LogP contribution is -2.55. The second-order valence-electron chi connectivity index (χ2n) is 7.62. The summed E-state index contributed by atoms with van der Waals surface area (Å²) in [5, 5.41) is 2.21. The van der Waals surface area contributed by atoms with Crippen LogP contribution < -0.4 is 10.2 Å². The molecule has 1 aliphatic heterocycles. The van der Waals surface area contributed by atoms with Crippen LogP contribution in [-0.2, 0) is 6.42 Å². The predicted octanol–water partition coefficient (Wildman–Crippen LogP) is 4.90. The lowest BCUT2D eigenvalue weighted by molar-refractivity contribution is 0.0358. The fourth-order valence-electron chi connectivity index (χ4n) is 2.98. The Morgan fingerprint density at radius 1 is 1.07 bits per heavy atom. The third-order valence-corrected chi connectivity index (χ3v) is 5.14. The van der Waals surface area contributed by atoms with E-state index in [-0.39, 0.29) is 5.91 Å². The number of hydrogen-bond acceptors (Lipinski definition) is 3. The van der Waals surface area contributed by atoms with Crippen LogP contribution in [0.3, 0.4) is 0 Å². The van der Waals surface area contributed by atoms with Gasteiger partial charge in [0.25, 0.3) is 11.8 Å². The molecular weight excluding hydrogens is 399 g/mol. The topological polar surface area (TPSA) is 58.6 Å². The van der Waals surface area contributed by atoms with Crippen molar-refractivity contribution in [3.05, 3.63) is 63.1 Å². The highest BCUT2D eigenvalue weighted by molar-refractivity contribution is 6.35. The summed E-state index contributed by atoms with van der Waals surface area (Å²) >= 11 is 12.4. The maximum atomic E-state index is 13.0. The first kappa shape index (κ1) is 20.5. The van der Waals surface area contributed by atoms with E-state index in [1.165, 1.54) is 5.01 Å². The molecule has 2 amide bonds. The first-order chi connectivity index (χ1) is 13.2. The van der Waals surface area contributed by atoms with E-state index in [4.69, 9.17) is 27.9 Å². The summed E-state index contributed by atoms with van der Waals surface area (Å²) in [6.07, 6.45) is 1.60. The Hall–Kier alpha value is -2.24. The molecule has 0 saturated heterocycles. The number of carbonyl (C=O) groups excluding carboxylic acids is 2. The lowest BCUT2D eigenvalue weighted by atomic mass is 10.0. The largest absolute Gasteiger partial charge is 0.493 e. The van der Waals surface area contributed by atoms with Gasteiger partial charge in [0.15, 0.2) is 0 Å². The molecule has 0 atom stereocenters. The van der Waals surface area contributed by atoms with Crippen LogP contribution in [0.1, 0.15) is 53.5 Å². The molecule has 0 radical (unpaired) electrons. The first-order valence-electron chi connectivity index (χ1n) is 9.04. The van der Waals surface area contributed by atoms with E-state index in [2.05, 4.69) is 5.43 Å². The number of fused-ring (bicyclic) bond motifs is 1. The van der Waals surface area contributed by atoms with Crippen LogP contribution in [0.2, 0.25) is 10.0 Å². The number of halogens is 2. The number of ether oxygens (including phenoxy) is 1. The van der Waals surface area contributed by atoms with Crippen molar-refractivity contribution in [3.8, 4) is 5.75 Å². The number of nitrogens with one attached hydrogen (secondary N) is 1. The molecule has 0 aromatic heterocycles. The standard InChI is InChI=1S/C21H22Cl2N2O3/c1-21(2,3)25(20(27)13-6-8-14(22)9-7-13)24-19(26)16-10-11-17-15(18(16)23)5-4-12-28-17/h6-11H,4-5,12H2,1-3H3,(H,24,26). The Morgan fingerprint density at radius 2 is 1.75 bits per heavy atom. The number of hydrazine groups is 1. The quantitative estimate of drug-likeness (QED) is 0.702. The van der Waals surface area contributed by atoms with Crippen LogP contribution >= 0.6 is 23.2 Å². The third-order valence-electron chi connectivity index (χ3n) is 4.45. The molecule has 1 aliphatic rings. The average molecular weight is 421 g/mol. The molecule has 1 heterocycles. The van der Waals surface area contributed by atoms with Crippen LogP contribution in [0.25, 0.3) is 0 Å². The van der Waals surface area contributed by atoms with E-state index < -0.39 is 11.4 Å². The summed E-state index contributed by atoms with van der Waals surface area (Å²) in [6, 6.07) is 9.89. The molecule has 0 saturated carbocycles. The smallest absolute Gasteiger partial charge is 0.272 e. The molecule has 0 unspecified atom stereocenters. The van der Waals surface area contributed by atoms with Gasteiger partial charge in [0.2, 0.25) is 0 Å². The minimum absolute atomic E-state index is 0.309. The molecule has 0 spiro atoms. The van der Waals surface area contributed by atoms with Crippen molar-refractivity contribution in [2.24, 2.45) is 0 Å². The SMILES string of the molecule is CC(C)(C)N(NC(=O)c1ccc2c(c1Cl)CCCO2)C(=O)c1ccc(Cl)cc1. The maximum Gasteiger partial charge on any atom is 0.272 e. The molecule has 148 valence electrons. The summed E-state index contributed by atoms with van der Waals surface area (Å²) in [5.74, 6) is -0.0803. The number of benzene rings is 2. The van der Waals surface area contributed by atoms with Crippen LogP contribution in [0.5, 0.6) is 5.75 Å². The van der Waals surface area contributed by atoms with Crippen LogP contribution in [-0.4, -0.2) is 29.0 Å². The van der Waals surface area contributed by atoms with Gasteiger partial charge in [0.1, 0.15) is 5.75 Å². The van der Waals surface area contributed by atoms with E-state index in [1.807, 2.05) is 20.8 Å². The van der Waals surface area contributed by atoms with Gasteiger partial charge in [0.05, 0.1) is 22.7 Å². The molecule has 2 aromatic carbocycles. The second kappa shape index (κ2) is 8.02. The van der Waals surface area contributed by atoms with Crippen LogP contribution in [0.15, 0.2) is 36.4 Å². The molecule has 28 heavy (non-hydrogen) atoms. The molecular formula is C21H22Cl2N2O3. The van der Waals surface area contributed by atoms with Gasteiger partial charge in [-0.2, -0.15) is 0 Å². The normalized spacial score (nSPS) is 13.3. The fourth-order valence-corrected chi connectivity index (χ4v) is 3.45. The zero-order valence-electron chi connectivity index (χ0n) is 16.0. The van der Waals surface area contributed by atoms with E-state index in [0.29, 0.717) is 33.5 Å². The molecule has 0 bridgehead atoms. The first-order valence-corrected chi connectivity index (χ1v) is 9.79. The zero-order valence-corrected chi connectivity index (χ0v) is 17.5. The van der Waals surface area contributed by atoms with E-state index in [0.717, 1.165) is 18.4 Å². The van der Waals surface area contributed by atoms with Crippen molar-refractivity contribution in [3.63, 3.8) is 0 Å². The minimum Gasteiger partial charge on any atom is -0.493 e. The van der Waals surface area contributed by atoms with Gasteiger partial charge in [0, 0.05) is 16.1 Å². The number of amides is 2. The Labute approximate surface area is 174 Å². The number of nitrogens with zero attached hydrogens (tertiary/aromatic N) is 1. The number of rotatable bonds is 2. The summed E-state index contributed by atoms with van der Waals surface area (Å²) in [6.45, 7) is 6.15. The van der Waals surface area contributed by atoms with Gasteiger partial charge in [-0.05, 0) is 70.0 Å². The minimum atomic E-state index is -0.657. The Balaban J connectivity index is 1.88. The van der Waals surface area contributed by atoms with Gasteiger partial charge < -0.3 is 4.74 Å². The van der Waals surface area contributed by atoms with Crippen molar-refractivity contribution in [1.29, 1.82) is 0 Å². The number of carbonyl (C=O) groups is 2. The molecule has 0 fully saturated rings. The van der Waals surface area contributed by atoms with E-state index >= 15 is 0 Å². The Kier molecular flexibility index (Phi) is 5.87. The van der Waals surface area contributed by atoms with Gasteiger partial charge in [-0.15, -0.1) is 0 Å². The third kappa shape index (κ3) is 4.26. The summed E-state index contributed by atoms with van der Waals surface area (Å²) in [5.41, 5.74) is 3.62. The average Bonchev–Trinajstić information content (AvgIpc) is 2.65. The van der Waals surface area contributed by atoms with Gasteiger partial charge in [-0.1, -0.05) is 23.2 Å². The van der Waals surface area contributed by atoms with Crippen molar-refractivity contribution >= 4 is 35.0 Å².